The Hall–Kier alpha value is -2.12. The molecule has 0 saturated carbocycles. The molecule has 1 saturated heterocycles. The molecule has 0 bridgehead atoms. The summed E-state index contributed by atoms with van der Waals surface area (Å²) in [5, 5.41) is 0.798. The first-order valence-corrected chi connectivity index (χ1v) is 10.4. The van der Waals surface area contributed by atoms with E-state index in [-0.39, 0.29) is 23.7 Å². The highest BCUT2D eigenvalue weighted by atomic mass is 35.5. The highest BCUT2D eigenvalue weighted by Crippen LogP contribution is 2.28. The normalized spacial score (nSPS) is 16.8. The summed E-state index contributed by atoms with van der Waals surface area (Å²) in [6.07, 6.45) is 1.59. The Morgan fingerprint density at radius 3 is 2.59 bits per heavy atom. The highest BCUT2D eigenvalue weighted by molar-refractivity contribution is 6.35. The molecule has 0 aliphatic carbocycles. The molecule has 1 amide bonds. The molecule has 0 radical (unpaired) electrons. The van der Waals surface area contributed by atoms with E-state index < -0.39 is 5.60 Å². The molecule has 1 aliphatic rings. The molecule has 2 heterocycles. The zero-order chi connectivity index (χ0) is 21.3. The smallest absolute Gasteiger partial charge is 0.410 e. The van der Waals surface area contributed by atoms with Crippen LogP contribution in [0.25, 0.3) is 10.9 Å². The molecule has 7 nitrogen and oxygen atoms in total. The largest absolute Gasteiger partial charge is 0.444 e. The lowest BCUT2D eigenvalue weighted by Gasteiger charge is -2.35. The number of carbonyl (C=O) groups excluding carboxylic acids is 1. The second kappa shape index (κ2) is 8.32. The predicted molar refractivity (Wildman–Crippen MR) is 114 cm³/mol. The lowest BCUT2D eigenvalue weighted by Crippen LogP contribution is -2.44. The van der Waals surface area contributed by atoms with Crippen molar-refractivity contribution in [3.63, 3.8) is 0 Å². The van der Waals surface area contributed by atoms with Crippen LogP contribution < -0.4 is 11.3 Å². The lowest BCUT2D eigenvalue weighted by molar-refractivity contribution is 0.0186. The number of aromatic nitrogens is 2. The minimum atomic E-state index is -0.537. The molecule has 2 aromatic rings. The van der Waals surface area contributed by atoms with Crippen LogP contribution in [0.1, 0.15) is 64.9 Å². The number of halogens is 1. The number of hydrogen-bond donors (Lipinski definition) is 1. The molecule has 0 spiro atoms. The second-order valence-corrected chi connectivity index (χ2v) is 8.90. The van der Waals surface area contributed by atoms with Gasteiger partial charge < -0.3 is 15.4 Å². The molecular weight excluding hydrogens is 392 g/mol. The van der Waals surface area contributed by atoms with Crippen molar-refractivity contribution in [1.82, 2.24) is 14.5 Å². The number of piperidine rings is 1. The molecule has 29 heavy (non-hydrogen) atoms. The number of fused-ring (bicyclic) bond motifs is 1. The van der Waals surface area contributed by atoms with Crippen molar-refractivity contribution < 1.29 is 9.53 Å². The SMILES string of the molecule is CCC(N)c1nc2cccc(Cl)c2c(=O)n1C1CCN(C(=O)OC(C)(C)C)CC1. The average Bonchev–Trinajstić information content (AvgIpc) is 2.66. The third-order valence-electron chi connectivity index (χ3n) is 5.16. The van der Waals surface area contributed by atoms with Crippen molar-refractivity contribution in [2.75, 3.05) is 13.1 Å². The van der Waals surface area contributed by atoms with Crippen LogP contribution in [0.4, 0.5) is 4.79 Å². The topological polar surface area (TPSA) is 90.5 Å². The van der Waals surface area contributed by atoms with Gasteiger partial charge in [0.25, 0.3) is 5.56 Å². The van der Waals surface area contributed by atoms with Crippen LogP contribution in [0, 0.1) is 0 Å². The van der Waals surface area contributed by atoms with Crippen molar-refractivity contribution in [1.29, 1.82) is 0 Å². The van der Waals surface area contributed by atoms with Gasteiger partial charge in [-0.15, -0.1) is 0 Å². The Morgan fingerprint density at radius 2 is 2.00 bits per heavy atom. The molecule has 158 valence electrons. The van der Waals surface area contributed by atoms with Crippen LogP contribution in [-0.2, 0) is 4.74 Å². The summed E-state index contributed by atoms with van der Waals surface area (Å²) in [5.74, 6) is 0.572. The summed E-state index contributed by atoms with van der Waals surface area (Å²) >= 11 is 6.31. The number of nitrogens with two attached hydrogens (primary N) is 1. The van der Waals surface area contributed by atoms with Gasteiger partial charge >= 0.3 is 6.09 Å². The number of nitrogens with zero attached hydrogens (tertiary/aromatic N) is 3. The monoisotopic (exact) mass is 420 g/mol. The average molecular weight is 421 g/mol. The maximum Gasteiger partial charge on any atom is 0.410 e. The van der Waals surface area contributed by atoms with E-state index in [4.69, 9.17) is 27.1 Å². The summed E-state index contributed by atoms with van der Waals surface area (Å²) < 4.78 is 7.17. The number of hydrogen-bond acceptors (Lipinski definition) is 5. The molecule has 3 rings (SSSR count). The van der Waals surface area contributed by atoms with Crippen LogP contribution in [-0.4, -0.2) is 39.2 Å². The Bertz CT molecular complexity index is 959. The quantitative estimate of drug-likeness (QED) is 0.809. The fourth-order valence-corrected chi connectivity index (χ4v) is 3.90. The van der Waals surface area contributed by atoms with Crippen LogP contribution in [0.3, 0.4) is 0 Å². The molecule has 2 N–H and O–H groups in total. The zero-order valence-electron chi connectivity index (χ0n) is 17.4. The molecule has 1 atom stereocenters. The predicted octanol–water partition coefficient (Wildman–Crippen LogP) is 4.03. The molecular formula is C21H29ClN4O3. The van der Waals surface area contributed by atoms with Crippen molar-refractivity contribution in [2.45, 2.75) is 64.6 Å². The number of benzene rings is 1. The number of ether oxygens (including phenoxy) is 1. The number of rotatable bonds is 3. The van der Waals surface area contributed by atoms with Crippen LogP contribution in [0.2, 0.25) is 5.02 Å². The van der Waals surface area contributed by atoms with E-state index in [1.165, 1.54) is 0 Å². The molecule has 1 aromatic carbocycles. The van der Waals surface area contributed by atoms with Gasteiger partial charge in [0.1, 0.15) is 11.4 Å². The fourth-order valence-electron chi connectivity index (χ4n) is 3.65. The maximum absolute atomic E-state index is 13.4. The third-order valence-corrected chi connectivity index (χ3v) is 5.47. The zero-order valence-corrected chi connectivity index (χ0v) is 18.2. The van der Waals surface area contributed by atoms with Crippen molar-refractivity contribution in [3.05, 3.63) is 39.4 Å². The first-order valence-electron chi connectivity index (χ1n) is 10.1. The van der Waals surface area contributed by atoms with E-state index in [9.17, 15) is 9.59 Å². The third kappa shape index (κ3) is 4.56. The van der Waals surface area contributed by atoms with E-state index in [1.807, 2.05) is 27.7 Å². The van der Waals surface area contributed by atoms with Crippen LogP contribution in [0.5, 0.6) is 0 Å². The first kappa shape index (κ1) is 21.6. The summed E-state index contributed by atoms with van der Waals surface area (Å²) in [4.78, 5) is 32.1. The van der Waals surface area contributed by atoms with Crippen molar-refractivity contribution in [2.24, 2.45) is 5.73 Å². The second-order valence-electron chi connectivity index (χ2n) is 8.49. The first-order chi connectivity index (χ1) is 13.6. The number of amides is 1. The maximum atomic E-state index is 13.4. The highest BCUT2D eigenvalue weighted by Gasteiger charge is 2.30. The molecule has 1 unspecified atom stereocenters. The Balaban J connectivity index is 1.94. The van der Waals surface area contributed by atoms with Gasteiger partial charge in [0.15, 0.2) is 0 Å². The Labute approximate surface area is 175 Å². The number of likely N-dealkylation sites (tertiary alicyclic amines) is 1. The fraction of sp³-hybridized carbons (Fsp3) is 0.571. The molecule has 1 fully saturated rings. The van der Waals surface area contributed by atoms with E-state index in [0.717, 1.165) is 0 Å². The Kier molecular flexibility index (Phi) is 6.19. The van der Waals surface area contributed by atoms with E-state index in [1.54, 1.807) is 27.7 Å². The summed E-state index contributed by atoms with van der Waals surface area (Å²) in [7, 11) is 0. The van der Waals surface area contributed by atoms with E-state index >= 15 is 0 Å². The summed E-state index contributed by atoms with van der Waals surface area (Å²) in [6.45, 7) is 8.52. The van der Waals surface area contributed by atoms with Gasteiger partial charge in [0.2, 0.25) is 0 Å². The Morgan fingerprint density at radius 1 is 1.34 bits per heavy atom. The molecule has 8 heteroatoms. The molecule has 1 aliphatic heterocycles. The van der Waals surface area contributed by atoms with E-state index in [2.05, 4.69) is 0 Å². The van der Waals surface area contributed by atoms with Gasteiger partial charge in [-0.3, -0.25) is 9.36 Å². The van der Waals surface area contributed by atoms with Gasteiger partial charge in [0, 0.05) is 19.1 Å². The minimum absolute atomic E-state index is 0.0954. The van der Waals surface area contributed by atoms with Gasteiger partial charge in [-0.05, 0) is 52.2 Å². The molecule has 1 aromatic heterocycles. The van der Waals surface area contributed by atoms with Gasteiger partial charge in [-0.2, -0.15) is 0 Å². The van der Waals surface area contributed by atoms with Crippen molar-refractivity contribution in [3.8, 4) is 0 Å². The van der Waals surface area contributed by atoms with Crippen LogP contribution >= 0.6 is 11.6 Å². The van der Waals surface area contributed by atoms with Crippen molar-refractivity contribution >= 4 is 28.6 Å². The lowest BCUT2D eigenvalue weighted by atomic mass is 10.0. The number of carbonyl (C=O) groups is 1. The summed E-state index contributed by atoms with van der Waals surface area (Å²) in [6, 6.07) is 4.81. The van der Waals surface area contributed by atoms with E-state index in [0.29, 0.717) is 54.1 Å². The van der Waals surface area contributed by atoms with Gasteiger partial charge in [0.05, 0.1) is 22.0 Å². The van der Waals surface area contributed by atoms with Crippen LogP contribution in [0.15, 0.2) is 23.0 Å². The summed E-state index contributed by atoms with van der Waals surface area (Å²) in [5.41, 5.74) is 6.16. The minimum Gasteiger partial charge on any atom is -0.444 e. The van der Waals surface area contributed by atoms with Gasteiger partial charge in [-0.25, -0.2) is 9.78 Å². The standard InChI is InChI=1S/C21H29ClN4O3/c1-5-15(23)18-24-16-8-6-7-14(22)17(16)19(27)26(18)13-9-11-25(12-10-13)20(28)29-21(2,3)4/h6-8,13,15H,5,9-12,23H2,1-4H3. The van der Waals surface area contributed by atoms with Gasteiger partial charge in [-0.1, -0.05) is 24.6 Å².